The van der Waals surface area contributed by atoms with E-state index in [1.54, 1.807) is 6.07 Å². The number of carboxylic acid groups (broad SMARTS) is 1. The number of halogens is 1. The van der Waals surface area contributed by atoms with Gasteiger partial charge in [0.05, 0.1) is 7.11 Å². The zero-order valence-electron chi connectivity index (χ0n) is 11.2. The second-order valence-electron chi connectivity index (χ2n) is 4.85. The first-order valence-electron chi connectivity index (χ1n) is 6.07. The first-order chi connectivity index (χ1) is 9.70. The van der Waals surface area contributed by atoms with Crippen LogP contribution in [0.25, 0.3) is 0 Å². The summed E-state index contributed by atoms with van der Waals surface area (Å²) in [7, 11) is -2.50. The Labute approximate surface area is 130 Å². The Balaban J connectivity index is 2.41. The van der Waals surface area contributed by atoms with Gasteiger partial charge in [-0.2, -0.15) is 4.31 Å². The van der Waals surface area contributed by atoms with Crippen molar-refractivity contribution in [2.24, 2.45) is 5.73 Å². The number of nitrogens with two attached hydrogens (primary N) is 1. The van der Waals surface area contributed by atoms with Crippen LogP contribution in [0.3, 0.4) is 0 Å². The molecule has 1 saturated heterocycles. The maximum absolute atomic E-state index is 12.7. The minimum Gasteiger partial charge on any atom is -0.495 e. The number of benzene rings is 1. The van der Waals surface area contributed by atoms with Gasteiger partial charge < -0.3 is 15.6 Å². The van der Waals surface area contributed by atoms with Crippen molar-refractivity contribution in [2.75, 3.05) is 20.2 Å². The van der Waals surface area contributed by atoms with E-state index in [0.717, 1.165) is 4.31 Å². The lowest BCUT2D eigenvalue weighted by atomic mass is 10.0. The van der Waals surface area contributed by atoms with Crippen LogP contribution in [-0.4, -0.2) is 49.5 Å². The summed E-state index contributed by atoms with van der Waals surface area (Å²) in [6.07, 6.45) is 0.0673. The Hall–Kier alpha value is -1.16. The molecule has 21 heavy (non-hydrogen) atoms. The minimum absolute atomic E-state index is 0.0194. The van der Waals surface area contributed by atoms with Crippen molar-refractivity contribution < 1.29 is 23.1 Å². The zero-order valence-corrected chi connectivity index (χ0v) is 13.6. The van der Waals surface area contributed by atoms with Crippen LogP contribution in [-0.2, 0) is 14.8 Å². The van der Waals surface area contributed by atoms with Crippen LogP contribution < -0.4 is 10.5 Å². The van der Waals surface area contributed by atoms with Crippen LogP contribution in [0.15, 0.2) is 27.6 Å². The summed E-state index contributed by atoms with van der Waals surface area (Å²) in [5.41, 5.74) is 4.17. The fourth-order valence-corrected chi connectivity index (χ4v) is 4.37. The molecule has 1 aliphatic heterocycles. The van der Waals surface area contributed by atoms with Gasteiger partial charge in [0.15, 0.2) is 0 Å². The lowest BCUT2D eigenvalue weighted by Gasteiger charge is -2.21. The highest BCUT2D eigenvalue weighted by Gasteiger charge is 2.46. The van der Waals surface area contributed by atoms with Gasteiger partial charge >= 0.3 is 5.97 Å². The highest BCUT2D eigenvalue weighted by atomic mass is 79.9. The number of ether oxygens (including phenoxy) is 1. The number of hydrogen-bond donors (Lipinski definition) is 2. The van der Waals surface area contributed by atoms with Crippen LogP contribution in [0.1, 0.15) is 6.42 Å². The number of carboxylic acids is 1. The molecule has 0 saturated carbocycles. The number of nitrogens with zero attached hydrogens (tertiary/aromatic N) is 1. The maximum atomic E-state index is 12.7. The molecule has 1 unspecified atom stereocenters. The van der Waals surface area contributed by atoms with Gasteiger partial charge in [0.1, 0.15) is 16.2 Å². The largest absolute Gasteiger partial charge is 0.495 e. The second kappa shape index (κ2) is 5.56. The minimum atomic E-state index is -3.87. The fourth-order valence-electron chi connectivity index (χ4n) is 2.17. The summed E-state index contributed by atoms with van der Waals surface area (Å²) in [4.78, 5) is 11.1. The maximum Gasteiger partial charge on any atom is 0.325 e. The molecule has 116 valence electrons. The van der Waals surface area contributed by atoms with Crippen molar-refractivity contribution in [3.05, 3.63) is 22.7 Å². The van der Waals surface area contributed by atoms with Gasteiger partial charge in [-0.15, -0.1) is 0 Å². The third-order valence-electron chi connectivity index (χ3n) is 3.44. The highest BCUT2D eigenvalue weighted by molar-refractivity contribution is 9.10. The summed E-state index contributed by atoms with van der Waals surface area (Å²) in [6, 6.07) is 4.61. The lowest BCUT2D eigenvalue weighted by Crippen LogP contribution is -2.50. The van der Waals surface area contributed by atoms with Gasteiger partial charge in [-0.05, 0) is 24.6 Å². The Morgan fingerprint density at radius 1 is 1.52 bits per heavy atom. The van der Waals surface area contributed by atoms with Gasteiger partial charge in [0, 0.05) is 17.6 Å². The van der Waals surface area contributed by atoms with Crippen LogP contribution in [0.4, 0.5) is 0 Å². The second-order valence-corrected chi connectivity index (χ2v) is 7.67. The number of hydrogen-bond acceptors (Lipinski definition) is 5. The summed E-state index contributed by atoms with van der Waals surface area (Å²) >= 11 is 3.21. The molecule has 2 rings (SSSR count). The SMILES string of the molecule is COc1ccc(Br)cc1S(=O)(=O)N1CCC(N)(C(=O)O)C1. The van der Waals surface area contributed by atoms with E-state index >= 15 is 0 Å². The summed E-state index contributed by atoms with van der Waals surface area (Å²) in [5, 5.41) is 9.09. The van der Waals surface area contributed by atoms with Crippen molar-refractivity contribution in [3.8, 4) is 5.75 Å². The topological polar surface area (TPSA) is 110 Å². The molecule has 0 spiro atoms. The predicted molar refractivity (Wildman–Crippen MR) is 78.6 cm³/mol. The van der Waals surface area contributed by atoms with Crippen LogP contribution in [0, 0.1) is 0 Å². The highest BCUT2D eigenvalue weighted by Crippen LogP contribution is 2.32. The molecular weight excluding hydrogens is 364 g/mol. The van der Waals surface area contributed by atoms with Crippen molar-refractivity contribution in [1.82, 2.24) is 4.31 Å². The van der Waals surface area contributed by atoms with Crippen molar-refractivity contribution in [2.45, 2.75) is 16.9 Å². The summed E-state index contributed by atoms with van der Waals surface area (Å²) in [5.74, 6) is -1.01. The average molecular weight is 379 g/mol. The van der Waals surface area contributed by atoms with Crippen molar-refractivity contribution in [1.29, 1.82) is 0 Å². The van der Waals surface area contributed by atoms with Crippen molar-refractivity contribution >= 4 is 31.9 Å². The number of sulfonamides is 1. The molecule has 0 aliphatic carbocycles. The van der Waals surface area contributed by atoms with E-state index in [1.807, 2.05) is 0 Å². The molecule has 1 aliphatic rings. The monoisotopic (exact) mass is 378 g/mol. The Kier molecular flexibility index (Phi) is 4.29. The molecule has 0 amide bonds. The first-order valence-corrected chi connectivity index (χ1v) is 8.30. The van der Waals surface area contributed by atoms with Crippen LogP contribution in [0.2, 0.25) is 0 Å². The molecule has 1 aromatic carbocycles. The molecular formula is C12H15BrN2O5S. The molecule has 1 fully saturated rings. The molecule has 1 heterocycles. The molecule has 7 nitrogen and oxygen atoms in total. The Morgan fingerprint density at radius 2 is 2.19 bits per heavy atom. The normalized spacial score (nSPS) is 23.2. The van der Waals surface area contributed by atoms with Gasteiger partial charge in [-0.3, -0.25) is 4.79 Å². The first kappa shape index (κ1) is 16.2. The standard InChI is InChI=1S/C12H15BrN2O5S/c1-20-9-3-2-8(13)6-10(9)21(18,19)15-5-4-12(14,7-15)11(16)17/h2-3,6H,4-5,7,14H2,1H3,(H,16,17). The average Bonchev–Trinajstić information content (AvgIpc) is 2.83. The Morgan fingerprint density at radius 3 is 2.71 bits per heavy atom. The molecule has 0 aromatic heterocycles. The third-order valence-corrected chi connectivity index (χ3v) is 5.79. The van der Waals surface area contributed by atoms with Gasteiger partial charge in [0.2, 0.25) is 10.0 Å². The van der Waals surface area contributed by atoms with Gasteiger partial charge in [-0.25, -0.2) is 8.42 Å². The molecule has 9 heteroatoms. The van der Waals surface area contributed by atoms with E-state index in [9.17, 15) is 13.2 Å². The predicted octanol–water partition coefficient (Wildman–Crippen LogP) is 0.634. The van der Waals surface area contributed by atoms with E-state index in [-0.39, 0.29) is 30.2 Å². The molecule has 3 N–H and O–H groups in total. The summed E-state index contributed by atoms with van der Waals surface area (Å²) in [6.45, 7) is -0.207. The number of aliphatic carboxylic acids is 1. The van der Waals surface area contributed by atoms with E-state index in [0.29, 0.717) is 4.47 Å². The molecule has 0 bridgehead atoms. The van der Waals surface area contributed by atoms with Crippen molar-refractivity contribution in [3.63, 3.8) is 0 Å². The fraction of sp³-hybridized carbons (Fsp3) is 0.417. The molecule has 1 atom stereocenters. The zero-order chi connectivity index (χ0) is 15.8. The smallest absolute Gasteiger partial charge is 0.325 e. The van der Waals surface area contributed by atoms with Gasteiger partial charge in [0.25, 0.3) is 0 Å². The van der Waals surface area contributed by atoms with E-state index < -0.39 is 21.5 Å². The van der Waals surface area contributed by atoms with E-state index in [2.05, 4.69) is 15.9 Å². The number of rotatable bonds is 4. The van der Waals surface area contributed by atoms with Gasteiger partial charge in [-0.1, -0.05) is 15.9 Å². The Bertz CT molecular complexity index is 678. The third kappa shape index (κ3) is 2.91. The quantitative estimate of drug-likeness (QED) is 0.794. The van der Waals surface area contributed by atoms with Crippen LogP contribution >= 0.6 is 15.9 Å². The number of methoxy groups -OCH3 is 1. The molecule has 0 radical (unpaired) electrons. The van der Waals surface area contributed by atoms with E-state index in [1.165, 1.54) is 19.2 Å². The summed E-state index contributed by atoms with van der Waals surface area (Å²) < 4.78 is 32.0. The number of carbonyl (C=O) groups is 1. The van der Waals surface area contributed by atoms with Crippen LogP contribution in [0.5, 0.6) is 5.75 Å². The molecule has 1 aromatic rings. The van der Waals surface area contributed by atoms with E-state index in [4.69, 9.17) is 15.6 Å². The lowest BCUT2D eigenvalue weighted by molar-refractivity contribution is -0.142.